The second-order valence-electron chi connectivity index (χ2n) is 6.95. The fraction of sp³-hybridized carbons (Fsp3) is 0.667. The normalized spacial score (nSPS) is 21.4. The fourth-order valence-corrected chi connectivity index (χ4v) is 4.68. The summed E-state index contributed by atoms with van der Waals surface area (Å²) in [6.07, 6.45) is 8.47. The van der Waals surface area contributed by atoms with E-state index in [1.165, 1.54) is 37.8 Å². The largest absolute Gasteiger partial charge is 0.391 e. The van der Waals surface area contributed by atoms with E-state index in [2.05, 4.69) is 26.8 Å². The number of unbranched alkanes of at least 4 members (excludes halogenated alkanes) is 3. The molecule has 6 nitrogen and oxygen atoms in total. The zero-order valence-corrected chi connectivity index (χ0v) is 15.8. The van der Waals surface area contributed by atoms with Crippen molar-refractivity contribution in [1.82, 2.24) is 19.9 Å². The highest BCUT2D eigenvalue weighted by molar-refractivity contribution is 7.99. The second-order valence-corrected chi connectivity index (χ2v) is 8.10. The van der Waals surface area contributed by atoms with Gasteiger partial charge in [-0.15, -0.1) is 0 Å². The molecule has 138 valence electrons. The maximum Gasteiger partial charge on any atom is 0.151 e. The Labute approximate surface area is 153 Å². The number of anilines is 1. The molecule has 1 saturated heterocycles. The molecule has 0 aliphatic carbocycles. The van der Waals surface area contributed by atoms with Crippen molar-refractivity contribution in [1.29, 1.82) is 0 Å². The first-order chi connectivity index (χ1) is 12.2. The standard InChI is InChI=1S/C18H29N5OS/c1-2-3-4-5-6-25-11-14-9-23(10-15(14)24)8-13-7-20-17-16(13)21-12-22-18(17)19/h7,12,14-15,20,24H,2-6,8-11H2,1H3,(H2,19,21,22)/t14-,15+/m1/s1. The molecule has 0 radical (unpaired) electrons. The molecule has 3 rings (SSSR count). The van der Waals surface area contributed by atoms with Crippen molar-refractivity contribution < 1.29 is 5.11 Å². The van der Waals surface area contributed by atoms with Crippen molar-refractivity contribution in [2.45, 2.75) is 45.3 Å². The van der Waals surface area contributed by atoms with Gasteiger partial charge < -0.3 is 15.8 Å². The lowest BCUT2D eigenvalue weighted by Gasteiger charge is -2.15. The van der Waals surface area contributed by atoms with Crippen LogP contribution < -0.4 is 5.73 Å². The number of likely N-dealkylation sites (tertiary alicyclic amines) is 1. The second kappa shape index (κ2) is 8.87. The van der Waals surface area contributed by atoms with Gasteiger partial charge in [0.25, 0.3) is 0 Å². The Morgan fingerprint density at radius 1 is 1.32 bits per heavy atom. The summed E-state index contributed by atoms with van der Waals surface area (Å²) in [5, 5.41) is 10.4. The lowest BCUT2D eigenvalue weighted by Crippen LogP contribution is -2.21. The summed E-state index contributed by atoms with van der Waals surface area (Å²) in [6, 6.07) is 0. The topological polar surface area (TPSA) is 91.1 Å². The smallest absolute Gasteiger partial charge is 0.151 e. The molecule has 25 heavy (non-hydrogen) atoms. The Bertz CT molecular complexity index is 677. The van der Waals surface area contributed by atoms with E-state index in [4.69, 9.17) is 5.73 Å². The number of H-pyrrole nitrogens is 1. The predicted molar refractivity (Wildman–Crippen MR) is 105 cm³/mol. The number of aliphatic hydroxyl groups is 1. The van der Waals surface area contributed by atoms with Crippen LogP contribution >= 0.6 is 11.8 Å². The van der Waals surface area contributed by atoms with Gasteiger partial charge in [0.05, 0.1) is 11.6 Å². The highest BCUT2D eigenvalue weighted by Gasteiger charge is 2.31. The molecule has 0 aromatic carbocycles. The van der Waals surface area contributed by atoms with Crippen LogP contribution in [0, 0.1) is 5.92 Å². The third-order valence-corrected chi connectivity index (χ3v) is 6.16. The summed E-state index contributed by atoms with van der Waals surface area (Å²) in [5.41, 5.74) is 8.68. The van der Waals surface area contributed by atoms with Gasteiger partial charge in [-0.05, 0) is 17.9 Å². The van der Waals surface area contributed by atoms with Crippen LogP contribution in [0.1, 0.15) is 38.2 Å². The molecule has 0 amide bonds. The molecule has 1 fully saturated rings. The van der Waals surface area contributed by atoms with E-state index in [-0.39, 0.29) is 6.10 Å². The minimum Gasteiger partial charge on any atom is -0.391 e. The molecule has 3 heterocycles. The lowest BCUT2D eigenvalue weighted by molar-refractivity contribution is 0.149. The molecule has 0 saturated carbocycles. The van der Waals surface area contributed by atoms with Crippen molar-refractivity contribution in [2.24, 2.45) is 5.92 Å². The maximum absolute atomic E-state index is 10.4. The number of β-amino-alcohol motifs (C(OH)–C–C–N with tert-alkyl or cyclic N) is 1. The molecular formula is C18H29N5OS. The van der Waals surface area contributed by atoms with Gasteiger partial charge in [-0.2, -0.15) is 11.8 Å². The highest BCUT2D eigenvalue weighted by atomic mass is 32.2. The van der Waals surface area contributed by atoms with Crippen LogP contribution in [-0.4, -0.2) is 55.7 Å². The minimum absolute atomic E-state index is 0.229. The number of hydrogen-bond donors (Lipinski definition) is 3. The Balaban J connectivity index is 1.49. The number of aromatic amines is 1. The number of hydrogen-bond acceptors (Lipinski definition) is 6. The van der Waals surface area contributed by atoms with Crippen LogP contribution in [0.25, 0.3) is 11.0 Å². The number of nitrogens with two attached hydrogens (primary N) is 1. The van der Waals surface area contributed by atoms with E-state index in [9.17, 15) is 5.11 Å². The zero-order valence-electron chi connectivity index (χ0n) is 14.9. The molecule has 2 aromatic rings. The van der Waals surface area contributed by atoms with Gasteiger partial charge in [-0.3, -0.25) is 4.90 Å². The Morgan fingerprint density at radius 3 is 3.04 bits per heavy atom. The fourth-order valence-electron chi connectivity index (χ4n) is 3.47. The molecule has 1 aliphatic rings. The summed E-state index contributed by atoms with van der Waals surface area (Å²) < 4.78 is 0. The van der Waals surface area contributed by atoms with E-state index in [0.717, 1.165) is 42.0 Å². The number of thioether (sulfide) groups is 1. The van der Waals surface area contributed by atoms with Crippen molar-refractivity contribution >= 4 is 28.6 Å². The number of nitrogens with zero attached hydrogens (tertiary/aromatic N) is 3. The minimum atomic E-state index is -0.229. The van der Waals surface area contributed by atoms with Crippen molar-refractivity contribution in [2.75, 3.05) is 30.3 Å². The first kappa shape index (κ1) is 18.5. The van der Waals surface area contributed by atoms with Gasteiger partial charge in [0.2, 0.25) is 0 Å². The predicted octanol–water partition coefficient (Wildman–Crippen LogP) is 2.65. The van der Waals surface area contributed by atoms with Gasteiger partial charge >= 0.3 is 0 Å². The number of fused-ring (bicyclic) bond motifs is 1. The summed E-state index contributed by atoms with van der Waals surface area (Å²) >= 11 is 1.99. The lowest BCUT2D eigenvalue weighted by atomic mass is 10.1. The quantitative estimate of drug-likeness (QED) is 0.593. The van der Waals surface area contributed by atoms with E-state index in [1.807, 2.05) is 18.0 Å². The molecular weight excluding hydrogens is 334 g/mol. The van der Waals surface area contributed by atoms with Crippen LogP contribution in [-0.2, 0) is 6.54 Å². The summed E-state index contributed by atoms with van der Waals surface area (Å²) in [5.74, 6) is 3.10. The van der Waals surface area contributed by atoms with Gasteiger partial charge in [0, 0.05) is 37.3 Å². The van der Waals surface area contributed by atoms with Crippen LogP contribution in [0.3, 0.4) is 0 Å². The number of aromatic nitrogens is 3. The number of rotatable bonds is 9. The summed E-state index contributed by atoms with van der Waals surface area (Å²) in [7, 11) is 0. The first-order valence-electron chi connectivity index (χ1n) is 9.23. The average molecular weight is 364 g/mol. The molecule has 0 bridgehead atoms. The molecule has 2 aromatic heterocycles. The monoisotopic (exact) mass is 363 g/mol. The zero-order chi connectivity index (χ0) is 17.6. The highest BCUT2D eigenvalue weighted by Crippen LogP contribution is 2.26. The Hall–Kier alpha value is -1.31. The van der Waals surface area contributed by atoms with Gasteiger partial charge in [0.1, 0.15) is 11.8 Å². The van der Waals surface area contributed by atoms with E-state index in [1.54, 1.807) is 0 Å². The van der Waals surface area contributed by atoms with Gasteiger partial charge in [0.15, 0.2) is 5.82 Å². The Morgan fingerprint density at radius 2 is 2.20 bits per heavy atom. The number of nitrogens with one attached hydrogen (secondary N) is 1. The van der Waals surface area contributed by atoms with Gasteiger partial charge in [-0.25, -0.2) is 9.97 Å². The number of aliphatic hydroxyl groups excluding tert-OH is 1. The van der Waals surface area contributed by atoms with Crippen LogP contribution in [0.4, 0.5) is 5.82 Å². The molecule has 1 aliphatic heterocycles. The SMILES string of the molecule is CCCCCCSC[C@H]1CN(Cc2c[nH]c3c(N)ncnc23)C[C@@H]1O. The van der Waals surface area contributed by atoms with Crippen LogP contribution in [0.15, 0.2) is 12.5 Å². The van der Waals surface area contributed by atoms with Crippen LogP contribution in [0.2, 0.25) is 0 Å². The van der Waals surface area contributed by atoms with Crippen molar-refractivity contribution in [3.63, 3.8) is 0 Å². The van der Waals surface area contributed by atoms with E-state index in [0.29, 0.717) is 11.7 Å². The first-order valence-corrected chi connectivity index (χ1v) is 10.4. The van der Waals surface area contributed by atoms with Crippen LogP contribution in [0.5, 0.6) is 0 Å². The van der Waals surface area contributed by atoms with E-state index < -0.39 is 0 Å². The maximum atomic E-state index is 10.4. The van der Waals surface area contributed by atoms with E-state index >= 15 is 0 Å². The molecule has 0 spiro atoms. The third kappa shape index (κ3) is 4.65. The molecule has 2 atom stereocenters. The third-order valence-electron chi connectivity index (χ3n) is 4.92. The average Bonchev–Trinajstić information content (AvgIpc) is 3.16. The molecule has 7 heteroatoms. The summed E-state index contributed by atoms with van der Waals surface area (Å²) in [6.45, 7) is 4.69. The van der Waals surface area contributed by atoms with Gasteiger partial charge in [-0.1, -0.05) is 26.2 Å². The molecule has 0 unspecified atom stereocenters. The Kier molecular flexibility index (Phi) is 6.56. The van der Waals surface area contributed by atoms with Crippen molar-refractivity contribution in [3.8, 4) is 0 Å². The molecule has 4 N–H and O–H groups in total. The summed E-state index contributed by atoms with van der Waals surface area (Å²) in [4.78, 5) is 13.8. The number of nitrogen functional groups attached to an aromatic ring is 1. The van der Waals surface area contributed by atoms with Crippen molar-refractivity contribution in [3.05, 3.63) is 18.1 Å².